The minimum Gasteiger partial charge on any atom is -0.485 e. The van der Waals surface area contributed by atoms with Crippen molar-refractivity contribution >= 4 is 19.7 Å². The summed E-state index contributed by atoms with van der Waals surface area (Å²) in [6.45, 7) is 0.170. The second kappa shape index (κ2) is 5.06. The van der Waals surface area contributed by atoms with Gasteiger partial charge >= 0.3 is 0 Å². The van der Waals surface area contributed by atoms with E-state index in [-0.39, 0.29) is 11.5 Å². The second-order valence-corrected chi connectivity index (χ2v) is 7.09. The Balaban J connectivity index is 1.62. The zero-order chi connectivity index (χ0) is 14.2. The Morgan fingerprint density at radius 2 is 2.00 bits per heavy atom. The predicted molar refractivity (Wildman–Crippen MR) is 70.1 cm³/mol. The molecule has 0 amide bonds. The first-order valence-electron chi connectivity index (χ1n) is 6.02. The van der Waals surface area contributed by atoms with Gasteiger partial charge in [0.15, 0.2) is 6.61 Å². The van der Waals surface area contributed by atoms with Crippen molar-refractivity contribution in [1.29, 1.82) is 0 Å². The number of benzene rings is 1. The van der Waals surface area contributed by atoms with E-state index < -0.39 is 9.05 Å². The summed E-state index contributed by atoms with van der Waals surface area (Å²) in [4.78, 5) is 4.25. The largest absolute Gasteiger partial charge is 0.485 e. The van der Waals surface area contributed by atoms with Crippen molar-refractivity contribution in [3.05, 3.63) is 36.0 Å². The van der Waals surface area contributed by atoms with Gasteiger partial charge in [-0.2, -0.15) is 4.98 Å². The molecule has 2 aromatic rings. The summed E-state index contributed by atoms with van der Waals surface area (Å²) >= 11 is 0. The maximum absolute atomic E-state index is 11.1. The molecule has 1 aliphatic rings. The van der Waals surface area contributed by atoms with Crippen LogP contribution in [0.3, 0.4) is 0 Å². The van der Waals surface area contributed by atoms with Gasteiger partial charge in [0.05, 0.1) is 4.90 Å². The van der Waals surface area contributed by atoms with Crippen LogP contribution >= 0.6 is 10.7 Å². The van der Waals surface area contributed by atoms with Crippen molar-refractivity contribution in [3.8, 4) is 5.75 Å². The minimum absolute atomic E-state index is 0.0297. The van der Waals surface area contributed by atoms with E-state index in [4.69, 9.17) is 19.9 Å². The molecule has 3 rings (SSSR count). The van der Waals surface area contributed by atoms with Crippen molar-refractivity contribution in [2.45, 2.75) is 30.3 Å². The molecule has 0 atom stereocenters. The maximum Gasteiger partial charge on any atom is 0.261 e. The standard InChI is InChI=1S/C12H11ClN2O4S/c13-20(16,17)10-5-3-9(4-6-10)18-7-11-14-12(19-15-11)8-1-2-8/h3-6,8H,1-2,7H2. The molecule has 0 unspecified atom stereocenters. The van der Waals surface area contributed by atoms with Crippen LogP contribution in [0.4, 0.5) is 0 Å². The Hall–Kier alpha value is -1.60. The van der Waals surface area contributed by atoms with Crippen LogP contribution in [0.2, 0.25) is 0 Å². The van der Waals surface area contributed by atoms with Crippen LogP contribution in [0.25, 0.3) is 0 Å². The molecule has 0 spiro atoms. The molecule has 0 N–H and O–H groups in total. The highest BCUT2D eigenvalue weighted by atomic mass is 35.7. The predicted octanol–water partition coefficient (Wildman–Crippen LogP) is 2.45. The highest BCUT2D eigenvalue weighted by Gasteiger charge is 2.29. The van der Waals surface area contributed by atoms with E-state index >= 15 is 0 Å². The van der Waals surface area contributed by atoms with E-state index in [1.807, 2.05) is 0 Å². The Morgan fingerprint density at radius 3 is 2.60 bits per heavy atom. The fraction of sp³-hybridized carbons (Fsp3) is 0.333. The van der Waals surface area contributed by atoms with Gasteiger partial charge < -0.3 is 9.26 Å². The number of halogens is 1. The van der Waals surface area contributed by atoms with Crippen LogP contribution in [-0.2, 0) is 15.7 Å². The van der Waals surface area contributed by atoms with Gasteiger partial charge in [-0.25, -0.2) is 8.42 Å². The number of nitrogens with zero attached hydrogens (tertiary/aromatic N) is 2. The van der Waals surface area contributed by atoms with E-state index in [1.54, 1.807) is 0 Å². The van der Waals surface area contributed by atoms with Gasteiger partial charge in [-0.3, -0.25) is 0 Å². The minimum atomic E-state index is -3.71. The van der Waals surface area contributed by atoms with Gasteiger partial charge in [0.25, 0.3) is 9.05 Å². The first kappa shape index (κ1) is 13.4. The van der Waals surface area contributed by atoms with Crippen molar-refractivity contribution in [1.82, 2.24) is 10.1 Å². The summed E-state index contributed by atoms with van der Waals surface area (Å²) in [5.74, 6) is 2.05. The Labute approximate surface area is 120 Å². The fourth-order valence-corrected chi connectivity index (χ4v) is 2.44. The van der Waals surface area contributed by atoms with Gasteiger partial charge in [-0.15, -0.1) is 0 Å². The molecule has 20 heavy (non-hydrogen) atoms. The molecule has 0 aliphatic heterocycles. The van der Waals surface area contributed by atoms with E-state index in [2.05, 4.69) is 10.1 Å². The van der Waals surface area contributed by atoms with E-state index in [9.17, 15) is 8.42 Å². The van der Waals surface area contributed by atoms with Gasteiger partial charge in [0.2, 0.25) is 11.7 Å². The first-order valence-corrected chi connectivity index (χ1v) is 8.33. The quantitative estimate of drug-likeness (QED) is 0.788. The lowest BCUT2D eigenvalue weighted by Gasteiger charge is -2.03. The topological polar surface area (TPSA) is 82.3 Å². The molecule has 106 valence electrons. The lowest BCUT2D eigenvalue weighted by Crippen LogP contribution is -1.98. The van der Waals surface area contributed by atoms with Crippen molar-refractivity contribution < 1.29 is 17.7 Å². The lowest BCUT2D eigenvalue weighted by molar-refractivity contribution is 0.285. The monoisotopic (exact) mass is 314 g/mol. The van der Waals surface area contributed by atoms with Crippen molar-refractivity contribution in [2.75, 3.05) is 0 Å². The summed E-state index contributed by atoms with van der Waals surface area (Å²) in [5.41, 5.74) is 0. The maximum atomic E-state index is 11.1. The summed E-state index contributed by atoms with van der Waals surface area (Å²) in [5, 5.41) is 3.82. The number of ether oxygens (including phenoxy) is 1. The van der Waals surface area contributed by atoms with Crippen molar-refractivity contribution in [3.63, 3.8) is 0 Å². The van der Waals surface area contributed by atoms with Gasteiger partial charge in [-0.05, 0) is 37.1 Å². The zero-order valence-corrected chi connectivity index (χ0v) is 11.9. The lowest BCUT2D eigenvalue weighted by atomic mass is 10.3. The number of aromatic nitrogens is 2. The molecule has 0 saturated heterocycles. The molecular formula is C12H11ClN2O4S. The zero-order valence-electron chi connectivity index (χ0n) is 10.3. The molecule has 0 radical (unpaired) electrons. The van der Waals surface area contributed by atoms with Crippen LogP contribution in [0.15, 0.2) is 33.7 Å². The molecule has 0 bridgehead atoms. The van der Waals surface area contributed by atoms with Gasteiger partial charge in [0, 0.05) is 16.6 Å². The third-order valence-corrected chi connectivity index (χ3v) is 4.25. The van der Waals surface area contributed by atoms with Crippen LogP contribution in [0.5, 0.6) is 5.75 Å². The molecule has 1 aromatic heterocycles. The summed E-state index contributed by atoms with van der Waals surface area (Å²) in [6, 6.07) is 5.81. The molecule has 6 nitrogen and oxygen atoms in total. The average Bonchev–Trinajstić information content (AvgIpc) is 3.15. The van der Waals surface area contributed by atoms with E-state index in [0.717, 1.165) is 12.8 Å². The van der Waals surface area contributed by atoms with Crippen LogP contribution in [-0.4, -0.2) is 18.6 Å². The average molecular weight is 315 g/mol. The first-order chi connectivity index (χ1) is 9.52. The molecule has 1 aromatic carbocycles. The number of hydrogen-bond donors (Lipinski definition) is 0. The highest BCUT2D eigenvalue weighted by Crippen LogP contribution is 2.38. The molecule has 1 fully saturated rings. The van der Waals surface area contributed by atoms with Crippen LogP contribution in [0, 0.1) is 0 Å². The number of rotatable bonds is 5. The third-order valence-electron chi connectivity index (χ3n) is 2.88. The second-order valence-electron chi connectivity index (χ2n) is 4.52. The van der Waals surface area contributed by atoms with Crippen LogP contribution < -0.4 is 4.74 Å². The Morgan fingerprint density at radius 1 is 1.30 bits per heavy atom. The van der Waals surface area contributed by atoms with Crippen LogP contribution in [0.1, 0.15) is 30.5 Å². The Kier molecular flexibility index (Phi) is 3.39. The third kappa shape index (κ3) is 3.10. The molecular weight excluding hydrogens is 304 g/mol. The molecule has 1 aliphatic carbocycles. The Bertz CT molecular complexity index is 707. The molecule has 1 heterocycles. The fourth-order valence-electron chi connectivity index (χ4n) is 1.67. The van der Waals surface area contributed by atoms with Gasteiger partial charge in [-0.1, -0.05) is 5.16 Å². The molecule has 8 heteroatoms. The van der Waals surface area contributed by atoms with E-state index in [1.165, 1.54) is 24.3 Å². The van der Waals surface area contributed by atoms with E-state index in [0.29, 0.717) is 23.4 Å². The number of hydrogen-bond acceptors (Lipinski definition) is 6. The summed E-state index contributed by atoms with van der Waals surface area (Å²) in [6.07, 6.45) is 2.19. The summed E-state index contributed by atoms with van der Waals surface area (Å²) < 4.78 is 32.7. The summed E-state index contributed by atoms with van der Waals surface area (Å²) in [7, 11) is 1.51. The SMILES string of the molecule is O=S(=O)(Cl)c1ccc(OCc2noc(C3CC3)n2)cc1. The highest BCUT2D eigenvalue weighted by molar-refractivity contribution is 8.13. The van der Waals surface area contributed by atoms with Crippen molar-refractivity contribution in [2.24, 2.45) is 0 Å². The normalized spacial score (nSPS) is 15.2. The molecule has 1 saturated carbocycles. The smallest absolute Gasteiger partial charge is 0.261 e. The van der Waals surface area contributed by atoms with Gasteiger partial charge in [0.1, 0.15) is 5.75 Å².